The summed E-state index contributed by atoms with van der Waals surface area (Å²) in [5, 5.41) is 14.1. The van der Waals surface area contributed by atoms with Crippen LogP contribution in [0.1, 0.15) is 73.6 Å². The molecule has 174 valence electrons. The van der Waals surface area contributed by atoms with E-state index in [9.17, 15) is 0 Å². The van der Waals surface area contributed by atoms with Crippen LogP contribution in [-0.2, 0) is 0 Å². The molecule has 4 N–H and O–H groups in total. The van der Waals surface area contributed by atoms with Crippen molar-refractivity contribution in [2.24, 2.45) is 0 Å². The zero-order valence-corrected chi connectivity index (χ0v) is 24.1. The minimum atomic E-state index is 0. The van der Waals surface area contributed by atoms with Gasteiger partial charge in [0.25, 0.3) is 0 Å². The Bertz CT molecular complexity index is 228. The second kappa shape index (κ2) is 35.2. The molecular weight excluding hydrogens is 604 g/mol. The summed E-state index contributed by atoms with van der Waals surface area (Å²) in [5.74, 6) is 0. The van der Waals surface area contributed by atoms with Gasteiger partial charge in [-0.3, -0.25) is 0 Å². The van der Waals surface area contributed by atoms with Gasteiger partial charge in [-0.2, -0.15) is 0 Å². The Hall–Kier alpha value is 1.76. The lowest BCUT2D eigenvalue weighted by atomic mass is 10.2. The minimum absolute atomic E-state index is 0. The maximum absolute atomic E-state index is 3.60. The third-order valence-corrected chi connectivity index (χ3v) is 4.04. The number of halogens is 4. The molecule has 0 aromatic carbocycles. The van der Waals surface area contributed by atoms with Crippen LogP contribution in [0.3, 0.4) is 0 Å². The molecule has 0 aliphatic rings. The fourth-order valence-corrected chi connectivity index (χ4v) is 2.50. The average molecular weight is 654 g/mol. The van der Waals surface area contributed by atoms with Crippen LogP contribution in [-0.4, -0.2) is 51.4 Å². The van der Waals surface area contributed by atoms with Crippen LogP contribution in [0.25, 0.3) is 0 Å². The van der Waals surface area contributed by atoms with Crippen molar-refractivity contribution in [2.75, 3.05) is 39.3 Å². The van der Waals surface area contributed by atoms with E-state index >= 15 is 0 Å². The SMILES string of the molecule is Br.Br.Br.Br.C.CCCCCNC(C)CCNCCCNCCC(C)NCC. The number of unbranched alkanes of at least 4 members (excludes halogenated alkanes) is 2. The Labute approximate surface area is 213 Å². The summed E-state index contributed by atoms with van der Waals surface area (Å²) in [5.41, 5.74) is 0. The highest BCUT2D eigenvalue weighted by Gasteiger charge is 2.00. The fourth-order valence-electron chi connectivity index (χ4n) is 2.50. The Morgan fingerprint density at radius 2 is 1.07 bits per heavy atom. The number of hydrogen-bond donors (Lipinski definition) is 4. The van der Waals surface area contributed by atoms with Gasteiger partial charge in [0.05, 0.1) is 0 Å². The van der Waals surface area contributed by atoms with Gasteiger partial charge in [0.1, 0.15) is 0 Å². The first-order chi connectivity index (χ1) is 10.7. The van der Waals surface area contributed by atoms with Crippen LogP contribution < -0.4 is 21.3 Å². The first-order valence-corrected chi connectivity index (χ1v) is 9.58. The molecule has 2 unspecified atom stereocenters. The first kappa shape index (κ1) is 42.8. The molecule has 0 rings (SSSR count). The van der Waals surface area contributed by atoms with E-state index in [-0.39, 0.29) is 75.4 Å². The smallest absolute Gasteiger partial charge is 0.00508 e. The quantitative estimate of drug-likeness (QED) is 0.158. The van der Waals surface area contributed by atoms with Gasteiger partial charge in [-0.15, -0.1) is 67.9 Å². The zero-order chi connectivity index (χ0) is 16.5. The predicted octanol–water partition coefficient (Wildman–Crippen LogP) is 5.45. The van der Waals surface area contributed by atoms with E-state index in [2.05, 4.69) is 49.0 Å². The first-order valence-electron chi connectivity index (χ1n) is 9.58. The van der Waals surface area contributed by atoms with Crippen molar-refractivity contribution < 1.29 is 0 Å². The maximum Gasteiger partial charge on any atom is 0.00508 e. The molecule has 0 aromatic heterocycles. The topological polar surface area (TPSA) is 48.1 Å². The minimum Gasteiger partial charge on any atom is -0.317 e. The standard InChI is InChI=1S/C18H42N4.CH4.4BrH/c1-5-7-8-14-22-18(4)11-16-20-13-9-12-19-15-10-17(3)21-6-2;;;;;/h17-22H,5-16H2,1-4H3;1H4;4*1H. The van der Waals surface area contributed by atoms with Crippen molar-refractivity contribution in [1.29, 1.82) is 0 Å². The summed E-state index contributed by atoms with van der Waals surface area (Å²) >= 11 is 0. The van der Waals surface area contributed by atoms with Gasteiger partial charge in [-0.1, -0.05) is 34.1 Å². The molecule has 0 aliphatic heterocycles. The molecule has 0 aliphatic carbocycles. The van der Waals surface area contributed by atoms with Crippen molar-refractivity contribution in [2.45, 2.75) is 85.7 Å². The van der Waals surface area contributed by atoms with E-state index in [4.69, 9.17) is 0 Å². The van der Waals surface area contributed by atoms with Crippen molar-refractivity contribution in [1.82, 2.24) is 21.3 Å². The van der Waals surface area contributed by atoms with Crippen LogP contribution >= 0.6 is 67.9 Å². The van der Waals surface area contributed by atoms with Crippen LogP contribution in [0, 0.1) is 0 Å². The van der Waals surface area contributed by atoms with E-state index in [0.29, 0.717) is 12.1 Å². The van der Waals surface area contributed by atoms with Gasteiger partial charge in [0.2, 0.25) is 0 Å². The van der Waals surface area contributed by atoms with E-state index in [1.165, 1.54) is 45.1 Å². The van der Waals surface area contributed by atoms with E-state index < -0.39 is 0 Å². The molecule has 0 aromatic rings. The Morgan fingerprint density at radius 3 is 1.52 bits per heavy atom. The molecule has 0 bridgehead atoms. The molecule has 2 atom stereocenters. The second-order valence-electron chi connectivity index (χ2n) is 6.45. The molecule has 4 nitrogen and oxygen atoms in total. The van der Waals surface area contributed by atoms with Gasteiger partial charge in [-0.25, -0.2) is 0 Å². The molecular formula is C19H50Br4N4. The van der Waals surface area contributed by atoms with Crippen molar-refractivity contribution in [3.8, 4) is 0 Å². The highest BCUT2D eigenvalue weighted by Crippen LogP contribution is 1.94. The van der Waals surface area contributed by atoms with Gasteiger partial charge in [0, 0.05) is 12.1 Å². The lowest BCUT2D eigenvalue weighted by molar-refractivity contribution is 0.473. The van der Waals surface area contributed by atoms with E-state index in [1.807, 2.05) is 0 Å². The Balaban J connectivity index is -0.000000220. The third kappa shape index (κ3) is 35.6. The molecule has 0 heterocycles. The van der Waals surface area contributed by atoms with Gasteiger partial charge in [0.15, 0.2) is 0 Å². The molecule has 0 saturated heterocycles. The number of nitrogens with one attached hydrogen (secondary N) is 4. The fraction of sp³-hybridized carbons (Fsp3) is 1.00. The predicted molar refractivity (Wildman–Crippen MR) is 148 cm³/mol. The molecule has 8 heteroatoms. The van der Waals surface area contributed by atoms with Crippen molar-refractivity contribution in [3.05, 3.63) is 0 Å². The van der Waals surface area contributed by atoms with Crippen LogP contribution in [0.2, 0.25) is 0 Å². The summed E-state index contributed by atoms with van der Waals surface area (Å²) in [6, 6.07) is 1.26. The van der Waals surface area contributed by atoms with E-state index in [0.717, 1.165) is 32.7 Å². The highest BCUT2D eigenvalue weighted by atomic mass is 79.9. The molecule has 0 radical (unpaired) electrons. The maximum atomic E-state index is 3.60. The van der Waals surface area contributed by atoms with Gasteiger partial charge < -0.3 is 21.3 Å². The van der Waals surface area contributed by atoms with Crippen LogP contribution in [0.4, 0.5) is 0 Å². The van der Waals surface area contributed by atoms with Gasteiger partial charge >= 0.3 is 0 Å². The van der Waals surface area contributed by atoms with E-state index in [1.54, 1.807) is 0 Å². The summed E-state index contributed by atoms with van der Waals surface area (Å²) in [6.07, 6.45) is 7.61. The van der Waals surface area contributed by atoms with Crippen LogP contribution in [0.5, 0.6) is 0 Å². The molecule has 0 amide bonds. The molecule has 0 saturated carbocycles. The van der Waals surface area contributed by atoms with Crippen LogP contribution in [0.15, 0.2) is 0 Å². The number of hydrogen-bond acceptors (Lipinski definition) is 4. The Kier molecular flexibility index (Phi) is 55.8. The lowest BCUT2D eigenvalue weighted by Crippen LogP contribution is -2.32. The molecule has 27 heavy (non-hydrogen) atoms. The summed E-state index contributed by atoms with van der Waals surface area (Å²) in [4.78, 5) is 0. The number of rotatable bonds is 17. The van der Waals surface area contributed by atoms with Crippen molar-refractivity contribution >= 4 is 67.9 Å². The van der Waals surface area contributed by atoms with Crippen molar-refractivity contribution in [3.63, 3.8) is 0 Å². The zero-order valence-electron chi connectivity index (χ0n) is 17.3. The summed E-state index contributed by atoms with van der Waals surface area (Å²) in [6.45, 7) is 15.7. The normalized spacial score (nSPS) is 11.6. The average Bonchev–Trinajstić information content (AvgIpc) is 2.50. The lowest BCUT2D eigenvalue weighted by Gasteiger charge is -2.14. The summed E-state index contributed by atoms with van der Waals surface area (Å²) < 4.78 is 0. The molecule has 0 fully saturated rings. The largest absolute Gasteiger partial charge is 0.317 e. The van der Waals surface area contributed by atoms with Gasteiger partial charge in [-0.05, 0) is 78.8 Å². The summed E-state index contributed by atoms with van der Waals surface area (Å²) in [7, 11) is 0. The third-order valence-electron chi connectivity index (χ3n) is 4.04. The monoisotopic (exact) mass is 650 g/mol. The Morgan fingerprint density at radius 1 is 0.593 bits per heavy atom. The molecule has 0 spiro atoms. The highest BCUT2D eigenvalue weighted by molar-refractivity contribution is 8.93. The second-order valence-corrected chi connectivity index (χ2v) is 6.45.